The summed E-state index contributed by atoms with van der Waals surface area (Å²) in [6, 6.07) is 11.1. The number of carboxylic acid groups (broad SMARTS) is 1. The molecule has 2 rings (SSSR count). The molecule has 0 aliphatic rings. The Bertz CT molecular complexity index is 754. The van der Waals surface area contributed by atoms with Gasteiger partial charge in [-0.05, 0) is 36.8 Å². The summed E-state index contributed by atoms with van der Waals surface area (Å²) in [5.41, 5.74) is 2.42. The number of hydrogen-bond acceptors (Lipinski definition) is 6. The van der Waals surface area contributed by atoms with Crippen molar-refractivity contribution in [3.63, 3.8) is 0 Å². The van der Waals surface area contributed by atoms with Gasteiger partial charge in [0.1, 0.15) is 12.4 Å². The Morgan fingerprint density at radius 3 is 2.74 bits per heavy atom. The van der Waals surface area contributed by atoms with E-state index >= 15 is 0 Å². The van der Waals surface area contributed by atoms with Gasteiger partial charge >= 0.3 is 5.97 Å². The van der Waals surface area contributed by atoms with E-state index in [2.05, 4.69) is 10.3 Å². The first kappa shape index (κ1) is 21.1. The Hall–Kier alpha value is -2.19. The molecule has 0 aliphatic carbocycles. The minimum atomic E-state index is -0.793. The highest BCUT2D eigenvalue weighted by Gasteiger charge is 2.06. The fourth-order valence-corrected chi connectivity index (χ4v) is 3.95. The third-order valence-electron chi connectivity index (χ3n) is 3.43. The molecule has 1 amide bonds. The number of rotatable bonds is 11. The first-order chi connectivity index (χ1) is 13.0. The predicted octanol–water partition coefficient (Wildman–Crippen LogP) is 3.55. The summed E-state index contributed by atoms with van der Waals surface area (Å²) in [5.74, 6) is 1.04. The van der Waals surface area contributed by atoms with Crippen molar-refractivity contribution in [1.29, 1.82) is 0 Å². The van der Waals surface area contributed by atoms with Crippen LogP contribution in [0.3, 0.4) is 0 Å². The maximum Gasteiger partial charge on any atom is 0.304 e. The Morgan fingerprint density at radius 2 is 2.00 bits per heavy atom. The molecule has 0 saturated heterocycles. The molecule has 0 atom stereocenters. The number of aryl methyl sites for hydroxylation is 1. The predicted molar refractivity (Wildman–Crippen MR) is 109 cm³/mol. The fraction of sp³-hybridized carbons (Fsp3) is 0.316. The van der Waals surface area contributed by atoms with Gasteiger partial charge in [0.25, 0.3) is 5.91 Å². The van der Waals surface area contributed by atoms with Crippen molar-refractivity contribution >= 4 is 33.5 Å². The topological polar surface area (TPSA) is 88.5 Å². The van der Waals surface area contributed by atoms with E-state index < -0.39 is 5.97 Å². The van der Waals surface area contributed by atoms with Crippen LogP contribution in [0.1, 0.15) is 28.0 Å². The van der Waals surface area contributed by atoms with Crippen LogP contribution >= 0.6 is 21.6 Å². The highest BCUT2D eigenvalue weighted by molar-refractivity contribution is 8.76. The summed E-state index contributed by atoms with van der Waals surface area (Å²) in [6.45, 7) is 2.81. The van der Waals surface area contributed by atoms with Crippen molar-refractivity contribution in [3.8, 4) is 5.75 Å². The Kier molecular flexibility index (Phi) is 9.00. The van der Waals surface area contributed by atoms with Gasteiger partial charge in [-0.2, -0.15) is 0 Å². The van der Waals surface area contributed by atoms with Crippen LogP contribution in [0, 0.1) is 6.92 Å². The zero-order valence-electron chi connectivity index (χ0n) is 15.0. The molecule has 8 heteroatoms. The third kappa shape index (κ3) is 8.36. The van der Waals surface area contributed by atoms with E-state index in [1.165, 1.54) is 10.8 Å². The van der Waals surface area contributed by atoms with E-state index in [0.29, 0.717) is 30.2 Å². The van der Waals surface area contributed by atoms with Crippen LogP contribution in [0.5, 0.6) is 5.75 Å². The Morgan fingerprint density at radius 1 is 1.19 bits per heavy atom. The molecular formula is C19H22N2O4S2. The Balaban J connectivity index is 1.72. The molecule has 27 heavy (non-hydrogen) atoms. The number of amides is 1. The second-order valence-corrected chi connectivity index (χ2v) is 8.37. The maximum absolute atomic E-state index is 12.2. The SMILES string of the molecule is Cc1ccc(OCc2cccc(C(=O)NCCSSCCC(=O)O)c2)cn1. The lowest BCUT2D eigenvalue weighted by Crippen LogP contribution is -2.25. The van der Waals surface area contributed by atoms with Gasteiger partial charge in [0.2, 0.25) is 0 Å². The quantitative estimate of drug-likeness (QED) is 0.436. The van der Waals surface area contributed by atoms with Crippen molar-refractivity contribution in [1.82, 2.24) is 10.3 Å². The molecule has 144 valence electrons. The van der Waals surface area contributed by atoms with Crippen LogP contribution in [-0.4, -0.2) is 40.0 Å². The fourth-order valence-electron chi connectivity index (χ4n) is 2.06. The van der Waals surface area contributed by atoms with Crippen LogP contribution < -0.4 is 10.1 Å². The van der Waals surface area contributed by atoms with Crippen LogP contribution in [0.2, 0.25) is 0 Å². The lowest BCUT2D eigenvalue weighted by molar-refractivity contribution is -0.136. The highest BCUT2D eigenvalue weighted by Crippen LogP contribution is 2.21. The lowest BCUT2D eigenvalue weighted by atomic mass is 10.1. The molecule has 2 aromatic rings. The third-order valence-corrected chi connectivity index (χ3v) is 5.84. The summed E-state index contributed by atoms with van der Waals surface area (Å²) in [7, 11) is 3.05. The number of aromatic nitrogens is 1. The van der Waals surface area contributed by atoms with Gasteiger partial charge in [-0.1, -0.05) is 33.7 Å². The summed E-state index contributed by atoms with van der Waals surface area (Å²) in [5, 5.41) is 11.4. The van der Waals surface area contributed by atoms with Gasteiger partial charge in [0, 0.05) is 29.3 Å². The number of carbonyl (C=O) groups is 2. The zero-order valence-corrected chi connectivity index (χ0v) is 16.6. The molecule has 0 fully saturated rings. The normalized spacial score (nSPS) is 10.4. The second-order valence-electron chi connectivity index (χ2n) is 5.67. The molecule has 6 nitrogen and oxygen atoms in total. The number of carbonyl (C=O) groups excluding carboxylic acids is 1. The number of carboxylic acids is 1. The van der Waals surface area contributed by atoms with E-state index in [4.69, 9.17) is 9.84 Å². The maximum atomic E-state index is 12.2. The zero-order chi connectivity index (χ0) is 19.5. The number of benzene rings is 1. The minimum Gasteiger partial charge on any atom is -0.487 e. The molecule has 1 aromatic heterocycles. The lowest BCUT2D eigenvalue weighted by Gasteiger charge is -2.08. The molecule has 0 radical (unpaired) electrons. The van der Waals surface area contributed by atoms with E-state index in [9.17, 15) is 9.59 Å². The number of aliphatic carboxylic acids is 1. The van der Waals surface area contributed by atoms with E-state index in [0.717, 1.165) is 17.0 Å². The van der Waals surface area contributed by atoms with E-state index in [-0.39, 0.29) is 12.3 Å². The first-order valence-corrected chi connectivity index (χ1v) is 10.9. The van der Waals surface area contributed by atoms with Gasteiger partial charge < -0.3 is 15.2 Å². The molecule has 0 aliphatic heterocycles. The number of nitrogens with one attached hydrogen (secondary N) is 1. The molecule has 2 N–H and O–H groups in total. The van der Waals surface area contributed by atoms with Crippen LogP contribution in [-0.2, 0) is 11.4 Å². The van der Waals surface area contributed by atoms with Gasteiger partial charge in [-0.3, -0.25) is 14.6 Å². The molecule has 0 saturated carbocycles. The van der Waals surface area contributed by atoms with Crippen molar-refractivity contribution in [2.45, 2.75) is 20.0 Å². The summed E-state index contributed by atoms with van der Waals surface area (Å²) in [6.07, 6.45) is 1.83. The number of nitrogens with zero attached hydrogens (tertiary/aromatic N) is 1. The average Bonchev–Trinajstić information content (AvgIpc) is 2.66. The van der Waals surface area contributed by atoms with Crippen molar-refractivity contribution in [2.24, 2.45) is 0 Å². The smallest absolute Gasteiger partial charge is 0.304 e. The molecule has 1 heterocycles. The second kappa shape index (κ2) is 11.5. The van der Waals surface area contributed by atoms with Crippen molar-refractivity contribution in [3.05, 3.63) is 59.4 Å². The van der Waals surface area contributed by atoms with E-state index in [1.807, 2.05) is 37.3 Å². The molecule has 0 unspecified atom stereocenters. The average molecular weight is 407 g/mol. The van der Waals surface area contributed by atoms with Crippen LogP contribution in [0.15, 0.2) is 42.6 Å². The summed E-state index contributed by atoms with van der Waals surface area (Å²) in [4.78, 5) is 26.8. The monoisotopic (exact) mass is 406 g/mol. The summed E-state index contributed by atoms with van der Waals surface area (Å²) >= 11 is 0. The standard InChI is InChI=1S/C19H22N2O4S2/c1-14-5-6-17(12-21-14)25-13-15-3-2-4-16(11-15)19(24)20-8-10-27-26-9-7-18(22)23/h2-6,11-12H,7-10,13H2,1H3,(H,20,24)(H,22,23). The molecule has 0 bridgehead atoms. The van der Waals surface area contributed by atoms with Gasteiger partial charge in [0.05, 0.1) is 12.6 Å². The van der Waals surface area contributed by atoms with Crippen LogP contribution in [0.4, 0.5) is 0 Å². The van der Waals surface area contributed by atoms with Gasteiger partial charge in [0.15, 0.2) is 0 Å². The number of ether oxygens (including phenoxy) is 1. The largest absolute Gasteiger partial charge is 0.487 e. The molecule has 0 spiro atoms. The van der Waals surface area contributed by atoms with Crippen LogP contribution in [0.25, 0.3) is 0 Å². The highest BCUT2D eigenvalue weighted by atomic mass is 33.1. The Labute approximate surface area is 166 Å². The van der Waals surface area contributed by atoms with E-state index in [1.54, 1.807) is 23.1 Å². The molecule has 1 aromatic carbocycles. The molecular weight excluding hydrogens is 384 g/mol. The van der Waals surface area contributed by atoms with Gasteiger partial charge in [-0.25, -0.2) is 0 Å². The van der Waals surface area contributed by atoms with Crippen molar-refractivity contribution in [2.75, 3.05) is 18.1 Å². The van der Waals surface area contributed by atoms with Gasteiger partial charge in [-0.15, -0.1) is 0 Å². The minimum absolute atomic E-state index is 0.134. The summed E-state index contributed by atoms with van der Waals surface area (Å²) < 4.78 is 5.69. The number of hydrogen-bond donors (Lipinski definition) is 2. The number of pyridine rings is 1. The first-order valence-electron chi connectivity index (χ1n) is 8.43. The van der Waals surface area contributed by atoms with Crippen molar-refractivity contribution < 1.29 is 19.4 Å².